The molecule has 1 atom stereocenters. The molecule has 3 nitrogen and oxygen atoms in total. The van der Waals surface area contributed by atoms with Crippen LogP contribution in [0.15, 0.2) is 12.3 Å². The topological polar surface area (TPSA) is 43.8 Å². The molecule has 0 saturated heterocycles. The van der Waals surface area contributed by atoms with Crippen molar-refractivity contribution in [3.05, 3.63) is 18.0 Å². The van der Waals surface area contributed by atoms with Crippen molar-refractivity contribution >= 4 is 0 Å². The molecule has 1 saturated carbocycles. The monoisotopic (exact) mass is 235 g/mol. The van der Waals surface area contributed by atoms with E-state index < -0.39 is 0 Å². The Morgan fingerprint density at radius 3 is 2.94 bits per heavy atom. The maximum atomic E-state index is 6.29. The Balaban J connectivity index is 1.85. The lowest BCUT2D eigenvalue weighted by Crippen LogP contribution is -2.17. The molecule has 0 aliphatic heterocycles. The van der Waals surface area contributed by atoms with E-state index in [1.807, 2.05) is 6.20 Å². The van der Waals surface area contributed by atoms with Gasteiger partial charge in [-0.15, -0.1) is 0 Å². The molecule has 0 amide bonds. The summed E-state index contributed by atoms with van der Waals surface area (Å²) in [5.74, 6) is 0.934. The van der Waals surface area contributed by atoms with E-state index in [9.17, 15) is 0 Å². The molecule has 17 heavy (non-hydrogen) atoms. The second-order valence-electron chi connectivity index (χ2n) is 5.31. The maximum Gasteiger partial charge on any atom is 0.0551 e. The minimum absolute atomic E-state index is 0.171. The molecular weight excluding hydrogens is 210 g/mol. The molecule has 96 valence electrons. The third-order valence-electron chi connectivity index (χ3n) is 3.93. The Morgan fingerprint density at radius 2 is 2.24 bits per heavy atom. The minimum atomic E-state index is 0.171. The van der Waals surface area contributed by atoms with E-state index in [0.717, 1.165) is 25.3 Å². The fraction of sp³-hybridized carbons (Fsp3) is 0.786. The maximum absolute atomic E-state index is 6.29. The van der Waals surface area contributed by atoms with Crippen molar-refractivity contribution in [3.63, 3.8) is 0 Å². The van der Waals surface area contributed by atoms with Crippen molar-refractivity contribution in [2.45, 2.75) is 64.5 Å². The van der Waals surface area contributed by atoms with Crippen LogP contribution in [0.25, 0.3) is 0 Å². The highest BCUT2D eigenvalue weighted by molar-refractivity contribution is 5.06. The Morgan fingerprint density at radius 1 is 1.47 bits per heavy atom. The fourth-order valence-corrected chi connectivity index (χ4v) is 2.92. The average molecular weight is 235 g/mol. The molecule has 0 spiro atoms. The quantitative estimate of drug-likeness (QED) is 0.822. The van der Waals surface area contributed by atoms with Crippen LogP contribution in [0.1, 0.15) is 63.6 Å². The van der Waals surface area contributed by atoms with Crippen molar-refractivity contribution in [2.24, 2.45) is 11.7 Å². The molecular formula is C14H25N3. The molecule has 1 heterocycles. The van der Waals surface area contributed by atoms with Crippen LogP contribution in [0.5, 0.6) is 0 Å². The van der Waals surface area contributed by atoms with Crippen LogP contribution in [0.4, 0.5) is 0 Å². The number of hydrogen-bond donors (Lipinski definition) is 1. The fourth-order valence-electron chi connectivity index (χ4n) is 2.92. The number of aromatic nitrogens is 2. The second-order valence-corrected chi connectivity index (χ2v) is 5.31. The molecule has 1 aromatic heterocycles. The highest BCUT2D eigenvalue weighted by atomic mass is 15.3. The SMILES string of the molecule is CCCn1nccc1C(N)CCC1CCCC1. The largest absolute Gasteiger partial charge is 0.323 e. The van der Waals surface area contributed by atoms with Gasteiger partial charge in [0.25, 0.3) is 0 Å². The van der Waals surface area contributed by atoms with Crippen molar-refractivity contribution < 1.29 is 0 Å². The Bertz CT molecular complexity index is 326. The molecule has 1 fully saturated rings. The normalized spacial score (nSPS) is 18.7. The van der Waals surface area contributed by atoms with Gasteiger partial charge in [0.2, 0.25) is 0 Å². The highest BCUT2D eigenvalue weighted by Crippen LogP contribution is 2.30. The lowest BCUT2D eigenvalue weighted by Gasteiger charge is -2.16. The summed E-state index contributed by atoms with van der Waals surface area (Å²) in [7, 11) is 0. The summed E-state index contributed by atoms with van der Waals surface area (Å²) in [6.07, 6.45) is 11.1. The van der Waals surface area contributed by atoms with Crippen LogP contribution in [0, 0.1) is 5.92 Å². The first-order chi connectivity index (χ1) is 8.31. The summed E-state index contributed by atoms with van der Waals surface area (Å²) in [6.45, 7) is 3.16. The van der Waals surface area contributed by atoms with Crippen LogP contribution < -0.4 is 5.73 Å². The highest BCUT2D eigenvalue weighted by Gasteiger charge is 2.18. The van der Waals surface area contributed by atoms with E-state index in [1.54, 1.807) is 0 Å². The Kier molecular flexibility index (Phi) is 4.60. The first kappa shape index (κ1) is 12.6. The predicted octanol–water partition coefficient (Wildman–Crippen LogP) is 3.26. The number of rotatable bonds is 6. The van der Waals surface area contributed by atoms with Crippen molar-refractivity contribution in [1.29, 1.82) is 0 Å². The van der Waals surface area contributed by atoms with Crippen molar-refractivity contribution in [1.82, 2.24) is 9.78 Å². The molecule has 0 radical (unpaired) electrons. The van der Waals surface area contributed by atoms with Gasteiger partial charge >= 0.3 is 0 Å². The van der Waals surface area contributed by atoms with E-state index >= 15 is 0 Å². The van der Waals surface area contributed by atoms with Gasteiger partial charge in [-0.05, 0) is 31.2 Å². The van der Waals surface area contributed by atoms with Crippen LogP contribution in [0.3, 0.4) is 0 Å². The number of nitrogens with zero attached hydrogens (tertiary/aromatic N) is 2. The van der Waals surface area contributed by atoms with Gasteiger partial charge in [-0.2, -0.15) is 5.10 Å². The molecule has 0 bridgehead atoms. The van der Waals surface area contributed by atoms with Crippen LogP contribution in [-0.2, 0) is 6.54 Å². The first-order valence-electron chi connectivity index (χ1n) is 7.08. The molecule has 1 aliphatic carbocycles. The van der Waals surface area contributed by atoms with E-state index in [2.05, 4.69) is 22.8 Å². The lowest BCUT2D eigenvalue weighted by molar-refractivity contribution is 0.436. The summed E-state index contributed by atoms with van der Waals surface area (Å²) >= 11 is 0. The first-order valence-corrected chi connectivity index (χ1v) is 7.08. The smallest absolute Gasteiger partial charge is 0.0551 e. The summed E-state index contributed by atoms with van der Waals surface area (Å²) in [5, 5.41) is 4.34. The summed E-state index contributed by atoms with van der Waals surface area (Å²) < 4.78 is 2.07. The molecule has 2 rings (SSSR count). The van der Waals surface area contributed by atoms with Gasteiger partial charge in [0.15, 0.2) is 0 Å². The van der Waals surface area contributed by atoms with Crippen LogP contribution in [-0.4, -0.2) is 9.78 Å². The summed E-state index contributed by atoms with van der Waals surface area (Å²) in [5.41, 5.74) is 7.50. The molecule has 2 N–H and O–H groups in total. The van der Waals surface area contributed by atoms with Gasteiger partial charge in [0.1, 0.15) is 0 Å². The Labute approximate surface area is 104 Å². The Hall–Kier alpha value is -0.830. The zero-order chi connectivity index (χ0) is 12.1. The van der Waals surface area contributed by atoms with E-state index in [4.69, 9.17) is 5.73 Å². The number of nitrogens with two attached hydrogens (primary N) is 1. The van der Waals surface area contributed by atoms with Crippen LogP contribution >= 0.6 is 0 Å². The van der Waals surface area contributed by atoms with Crippen molar-refractivity contribution in [2.75, 3.05) is 0 Å². The third kappa shape index (κ3) is 3.32. The second kappa shape index (κ2) is 6.20. The summed E-state index contributed by atoms with van der Waals surface area (Å²) in [4.78, 5) is 0. The van der Waals surface area contributed by atoms with Gasteiger partial charge < -0.3 is 5.73 Å². The standard InChI is InChI=1S/C14H25N3/c1-2-11-17-14(9-10-16-17)13(15)8-7-12-5-3-4-6-12/h9-10,12-13H,2-8,11,15H2,1H3. The van der Waals surface area contributed by atoms with Gasteiger partial charge in [-0.3, -0.25) is 4.68 Å². The molecule has 3 heteroatoms. The van der Waals surface area contributed by atoms with Crippen LogP contribution in [0.2, 0.25) is 0 Å². The van der Waals surface area contributed by atoms with Gasteiger partial charge in [0.05, 0.1) is 5.69 Å². The zero-order valence-corrected chi connectivity index (χ0v) is 10.9. The number of hydrogen-bond acceptors (Lipinski definition) is 2. The van der Waals surface area contributed by atoms with Crippen molar-refractivity contribution in [3.8, 4) is 0 Å². The average Bonchev–Trinajstić information content (AvgIpc) is 2.97. The van der Waals surface area contributed by atoms with Gasteiger partial charge in [-0.1, -0.05) is 32.6 Å². The molecule has 1 aliphatic rings. The molecule has 1 aromatic rings. The third-order valence-corrected chi connectivity index (χ3v) is 3.93. The van der Waals surface area contributed by atoms with E-state index in [0.29, 0.717) is 0 Å². The van der Waals surface area contributed by atoms with E-state index in [-0.39, 0.29) is 6.04 Å². The van der Waals surface area contributed by atoms with E-state index in [1.165, 1.54) is 37.8 Å². The molecule has 1 unspecified atom stereocenters. The minimum Gasteiger partial charge on any atom is -0.323 e. The summed E-state index contributed by atoms with van der Waals surface area (Å²) in [6, 6.07) is 2.25. The zero-order valence-electron chi connectivity index (χ0n) is 10.9. The lowest BCUT2D eigenvalue weighted by atomic mass is 9.97. The molecule has 0 aromatic carbocycles. The predicted molar refractivity (Wildman–Crippen MR) is 70.6 cm³/mol. The van der Waals surface area contributed by atoms with Gasteiger partial charge in [0, 0.05) is 18.8 Å². The van der Waals surface area contributed by atoms with Gasteiger partial charge in [-0.25, -0.2) is 0 Å². The number of aryl methyl sites for hydroxylation is 1.